The summed E-state index contributed by atoms with van der Waals surface area (Å²) in [6.07, 6.45) is 8.93. The normalized spacial score (nSPS) is 21.4. The standard InChI is InChI=1S/C22H35NO/c1-7-8-9-11-20(19-14-12-18(2)13-15-19)24-23-21(3,4)16-10-17-22(23,5)6/h7,12-15,20H,1,8-11,16-17H2,2-6H3. The summed E-state index contributed by atoms with van der Waals surface area (Å²) in [6, 6.07) is 8.81. The van der Waals surface area contributed by atoms with Gasteiger partial charge in [-0.05, 0) is 78.7 Å². The molecule has 0 N–H and O–H groups in total. The molecule has 1 aliphatic heterocycles. The van der Waals surface area contributed by atoms with Crippen molar-refractivity contribution in [2.24, 2.45) is 0 Å². The number of allylic oxidation sites excluding steroid dienone is 1. The zero-order valence-electron chi connectivity index (χ0n) is 16.3. The molecular formula is C22H35NO. The number of piperidine rings is 1. The molecule has 24 heavy (non-hydrogen) atoms. The number of hydrogen-bond donors (Lipinski definition) is 0. The van der Waals surface area contributed by atoms with Gasteiger partial charge >= 0.3 is 0 Å². The predicted octanol–water partition coefficient (Wildman–Crippen LogP) is 6.37. The van der Waals surface area contributed by atoms with E-state index in [1.54, 1.807) is 0 Å². The van der Waals surface area contributed by atoms with E-state index < -0.39 is 0 Å². The molecule has 1 atom stereocenters. The lowest BCUT2D eigenvalue weighted by molar-refractivity contribution is -0.308. The quantitative estimate of drug-likeness (QED) is 0.426. The minimum Gasteiger partial charge on any atom is -0.290 e. The van der Waals surface area contributed by atoms with Gasteiger partial charge in [-0.25, -0.2) is 0 Å². The number of hydroxylamine groups is 2. The van der Waals surface area contributed by atoms with E-state index in [0.29, 0.717) is 0 Å². The van der Waals surface area contributed by atoms with Gasteiger partial charge < -0.3 is 0 Å². The molecule has 1 heterocycles. The molecule has 2 heteroatoms. The third-order valence-electron chi connectivity index (χ3n) is 5.23. The van der Waals surface area contributed by atoms with E-state index in [4.69, 9.17) is 4.84 Å². The first-order valence-electron chi connectivity index (χ1n) is 9.41. The molecule has 0 aromatic heterocycles. The van der Waals surface area contributed by atoms with Gasteiger partial charge in [0.25, 0.3) is 0 Å². The van der Waals surface area contributed by atoms with E-state index in [0.717, 1.165) is 19.3 Å². The van der Waals surface area contributed by atoms with Crippen molar-refractivity contribution in [1.29, 1.82) is 0 Å². The van der Waals surface area contributed by atoms with Crippen molar-refractivity contribution in [2.45, 2.75) is 90.3 Å². The first-order valence-corrected chi connectivity index (χ1v) is 9.41. The topological polar surface area (TPSA) is 12.5 Å². The van der Waals surface area contributed by atoms with E-state index in [1.165, 1.54) is 30.4 Å². The highest BCUT2D eigenvalue weighted by atomic mass is 16.7. The summed E-state index contributed by atoms with van der Waals surface area (Å²) in [6.45, 7) is 15.2. The second-order valence-corrected chi connectivity index (χ2v) is 8.50. The van der Waals surface area contributed by atoms with Crippen LogP contribution in [-0.2, 0) is 4.84 Å². The molecule has 1 aromatic rings. The van der Waals surface area contributed by atoms with Crippen LogP contribution in [0.25, 0.3) is 0 Å². The van der Waals surface area contributed by atoms with Crippen LogP contribution in [-0.4, -0.2) is 16.1 Å². The van der Waals surface area contributed by atoms with Crippen molar-refractivity contribution in [3.63, 3.8) is 0 Å². The summed E-state index contributed by atoms with van der Waals surface area (Å²) in [5, 5.41) is 2.29. The molecule has 2 rings (SSSR count). The Bertz CT molecular complexity index is 513. The number of hydrogen-bond acceptors (Lipinski definition) is 2. The maximum Gasteiger partial charge on any atom is 0.104 e. The van der Waals surface area contributed by atoms with Crippen molar-refractivity contribution in [3.05, 3.63) is 48.0 Å². The van der Waals surface area contributed by atoms with Crippen LogP contribution in [0, 0.1) is 6.92 Å². The fourth-order valence-electron chi connectivity index (χ4n) is 3.90. The minimum absolute atomic E-state index is 0.0726. The SMILES string of the molecule is C=CCCCC(ON1C(C)(C)CCCC1(C)C)c1ccc(C)cc1. The van der Waals surface area contributed by atoms with Gasteiger partial charge in [0.1, 0.15) is 6.10 Å². The average molecular weight is 330 g/mol. The van der Waals surface area contributed by atoms with Crippen molar-refractivity contribution in [3.8, 4) is 0 Å². The molecule has 0 spiro atoms. The number of rotatable bonds is 7. The van der Waals surface area contributed by atoms with Gasteiger partial charge in [-0.15, -0.1) is 6.58 Å². The van der Waals surface area contributed by atoms with Crippen LogP contribution >= 0.6 is 0 Å². The third-order valence-corrected chi connectivity index (χ3v) is 5.23. The van der Waals surface area contributed by atoms with Crippen molar-refractivity contribution >= 4 is 0 Å². The van der Waals surface area contributed by atoms with Crippen LogP contribution in [0.4, 0.5) is 0 Å². The minimum atomic E-state index is 0.0726. The second-order valence-electron chi connectivity index (χ2n) is 8.50. The number of aryl methyl sites for hydroxylation is 1. The maximum absolute atomic E-state index is 6.69. The van der Waals surface area contributed by atoms with E-state index in [9.17, 15) is 0 Å². The summed E-state index contributed by atoms with van der Waals surface area (Å²) >= 11 is 0. The Labute approximate surface area is 148 Å². The molecule has 0 amide bonds. The van der Waals surface area contributed by atoms with E-state index >= 15 is 0 Å². The number of benzene rings is 1. The average Bonchev–Trinajstić information content (AvgIpc) is 2.49. The van der Waals surface area contributed by atoms with Gasteiger partial charge in [0.2, 0.25) is 0 Å². The largest absolute Gasteiger partial charge is 0.290 e. The van der Waals surface area contributed by atoms with E-state index in [2.05, 4.69) is 70.5 Å². The Balaban J connectivity index is 2.22. The van der Waals surface area contributed by atoms with Gasteiger partial charge in [-0.3, -0.25) is 4.84 Å². The van der Waals surface area contributed by atoms with E-state index in [-0.39, 0.29) is 17.2 Å². The molecule has 134 valence electrons. The van der Waals surface area contributed by atoms with Gasteiger partial charge in [0, 0.05) is 11.1 Å². The van der Waals surface area contributed by atoms with Crippen LogP contribution < -0.4 is 0 Å². The second kappa shape index (κ2) is 7.84. The molecule has 1 fully saturated rings. The molecule has 1 unspecified atom stereocenters. The monoisotopic (exact) mass is 329 g/mol. The van der Waals surface area contributed by atoms with Crippen LogP contribution in [0.15, 0.2) is 36.9 Å². The lowest BCUT2D eigenvalue weighted by atomic mass is 9.82. The molecule has 1 aliphatic rings. The third kappa shape index (κ3) is 4.70. The highest BCUT2D eigenvalue weighted by Gasteiger charge is 2.43. The molecule has 2 nitrogen and oxygen atoms in total. The molecular weight excluding hydrogens is 294 g/mol. The Hall–Kier alpha value is -1.12. The fourth-order valence-corrected chi connectivity index (χ4v) is 3.90. The predicted molar refractivity (Wildman–Crippen MR) is 103 cm³/mol. The van der Waals surface area contributed by atoms with Crippen LogP contribution in [0.5, 0.6) is 0 Å². The molecule has 0 bridgehead atoms. The molecule has 1 aromatic carbocycles. The summed E-state index contributed by atoms with van der Waals surface area (Å²) in [5.74, 6) is 0. The van der Waals surface area contributed by atoms with Gasteiger partial charge in [0.05, 0.1) is 0 Å². The lowest BCUT2D eigenvalue weighted by Crippen LogP contribution is -2.58. The number of nitrogens with zero attached hydrogens (tertiary/aromatic N) is 1. The van der Waals surface area contributed by atoms with Crippen LogP contribution in [0.1, 0.15) is 83.5 Å². The summed E-state index contributed by atoms with van der Waals surface area (Å²) in [5.41, 5.74) is 2.72. The molecule has 1 saturated heterocycles. The molecule has 0 aliphatic carbocycles. The summed E-state index contributed by atoms with van der Waals surface area (Å²) in [7, 11) is 0. The Morgan fingerprint density at radius 1 is 1.12 bits per heavy atom. The zero-order valence-corrected chi connectivity index (χ0v) is 16.3. The molecule has 0 radical (unpaired) electrons. The van der Waals surface area contributed by atoms with E-state index in [1.807, 2.05) is 6.08 Å². The lowest BCUT2D eigenvalue weighted by Gasteiger charge is -2.52. The number of unbranched alkanes of at least 4 members (excludes halogenated alkanes) is 1. The van der Waals surface area contributed by atoms with Crippen molar-refractivity contribution < 1.29 is 4.84 Å². The van der Waals surface area contributed by atoms with Gasteiger partial charge in [-0.1, -0.05) is 35.9 Å². The van der Waals surface area contributed by atoms with Crippen LogP contribution in [0.3, 0.4) is 0 Å². The highest BCUT2D eigenvalue weighted by Crippen LogP contribution is 2.41. The Kier molecular flexibility index (Phi) is 6.28. The van der Waals surface area contributed by atoms with Gasteiger partial charge in [0.15, 0.2) is 0 Å². The first kappa shape index (κ1) is 19.2. The Morgan fingerprint density at radius 3 is 2.25 bits per heavy atom. The fraction of sp³-hybridized carbons (Fsp3) is 0.636. The maximum atomic E-state index is 6.69. The first-order chi connectivity index (χ1) is 11.3. The highest BCUT2D eigenvalue weighted by molar-refractivity contribution is 5.23. The Morgan fingerprint density at radius 2 is 1.71 bits per heavy atom. The van der Waals surface area contributed by atoms with Gasteiger partial charge in [-0.2, -0.15) is 5.06 Å². The summed E-state index contributed by atoms with van der Waals surface area (Å²) in [4.78, 5) is 6.69. The van der Waals surface area contributed by atoms with Crippen molar-refractivity contribution in [2.75, 3.05) is 0 Å². The molecule has 0 saturated carbocycles. The van der Waals surface area contributed by atoms with Crippen LogP contribution in [0.2, 0.25) is 0 Å². The summed E-state index contributed by atoms with van der Waals surface area (Å²) < 4.78 is 0. The smallest absolute Gasteiger partial charge is 0.104 e. The zero-order chi connectivity index (χ0) is 17.8. The van der Waals surface area contributed by atoms with Crippen molar-refractivity contribution in [1.82, 2.24) is 5.06 Å².